The van der Waals surface area contributed by atoms with Gasteiger partial charge in [0, 0.05) is 6.20 Å². The number of hydrogen-bond donors (Lipinski definition) is 2. The summed E-state index contributed by atoms with van der Waals surface area (Å²) in [6.45, 7) is 0.463. The number of hydrogen-bond acceptors (Lipinski definition) is 5. The lowest BCUT2D eigenvalue weighted by molar-refractivity contribution is -0.389. The molecule has 0 aliphatic heterocycles. The van der Waals surface area contributed by atoms with E-state index in [0.29, 0.717) is 6.54 Å². The Bertz CT molecular complexity index is 937. The summed E-state index contributed by atoms with van der Waals surface area (Å²) >= 11 is 11.8. The Morgan fingerprint density at radius 1 is 1.32 bits per heavy atom. The zero-order valence-electron chi connectivity index (χ0n) is 12.4. The van der Waals surface area contributed by atoms with Gasteiger partial charge in [-0.15, -0.1) is 5.10 Å². The van der Waals surface area contributed by atoms with Crippen LogP contribution in [0.4, 0.5) is 11.6 Å². The number of H-pyrrole nitrogens is 1. The first kappa shape index (κ1) is 16.9. The van der Waals surface area contributed by atoms with Crippen LogP contribution >= 0.6 is 23.2 Å². The van der Waals surface area contributed by atoms with Crippen molar-refractivity contribution in [3.8, 4) is 0 Å². The fraction of sp³-hybridized carbons (Fsp3) is 0.0714. The molecule has 2 heterocycles. The molecule has 25 heavy (non-hydrogen) atoms. The van der Waals surface area contributed by atoms with Gasteiger partial charge in [-0.1, -0.05) is 58.6 Å². The Balaban J connectivity index is 1.77. The third-order valence-corrected chi connectivity index (χ3v) is 3.86. The summed E-state index contributed by atoms with van der Waals surface area (Å²) in [6, 6.07) is 9.55. The number of nitrogens with one attached hydrogen (secondary N) is 2. The lowest BCUT2D eigenvalue weighted by Gasteiger charge is -2.01. The number of amides is 1. The zero-order valence-corrected chi connectivity index (χ0v) is 14.0. The van der Waals surface area contributed by atoms with Crippen LogP contribution in [0.15, 0.2) is 36.5 Å². The van der Waals surface area contributed by atoms with E-state index >= 15 is 0 Å². The Morgan fingerprint density at radius 2 is 2.04 bits per heavy atom. The minimum Gasteiger partial charge on any atom is -0.358 e. The van der Waals surface area contributed by atoms with Crippen molar-refractivity contribution in [3.05, 3.63) is 67.9 Å². The highest BCUT2D eigenvalue weighted by molar-refractivity contribution is 6.36. The molecule has 0 saturated heterocycles. The summed E-state index contributed by atoms with van der Waals surface area (Å²) in [5.74, 6) is -1.22. The van der Waals surface area contributed by atoms with E-state index in [9.17, 15) is 14.9 Å². The number of nitro groups is 1. The average Bonchev–Trinajstić information content (AvgIpc) is 3.11. The topological polar surface area (TPSA) is 119 Å². The molecule has 0 atom stereocenters. The molecule has 0 radical (unpaired) electrons. The van der Waals surface area contributed by atoms with Crippen molar-refractivity contribution in [1.29, 1.82) is 0 Å². The van der Waals surface area contributed by atoms with Crippen LogP contribution in [0.2, 0.25) is 10.0 Å². The molecule has 2 aromatic heterocycles. The van der Waals surface area contributed by atoms with Crippen LogP contribution in [-0.4, -0.2) is 30.8 Å². The summed E-state index contributed by atoms with van der Waals surface area (Å²) in [6.07, 6.45) is 1.55. The second kappa shape index (κ2) is 6.91. The largest absolute Gasteiger partial charge is 0.362 e. The molecule has 11 heteroatoms. The van der Waals surface area contributed by atoms with Crippen molar-refractivity contribution in [2.75, 3.05) is 5.32 Å². The highest BCUT2D eigenvalue weighted by Gasteiger charge is 2.26. The Morgan fingerprint density at radius 3 is 2.68 bits per heavy atom. The molecule has 0 aliphatic rings. The van der Waals surface area contributed by atoms with Gasteiger partial charge in [-0.05, 0) is 10.5 Å². The fourth-order valence-electron chi connectivity index (χ4n) is 2.09. The smallest absolute Gasteiger partial charge is 0.358 e. The Hall–Kier alpha value is -2.91. The number of carbonyl (C=O) groups excluding carboxylic acids is 1. The van der Waals surface area contributed by atoms with Crippen molar-refractivity contribution in [2.45, 2.75) is 6.54 Å². The van der Waals surface area contributed by atoms with Crippen LogP contribution in [0.5, 0.6) is 0 Å². The molecule has 1 amide bonds. The maximum Gasteiger partial charge on any atom is 0.362 e. The predicted octanol–water partition coefficient (Wildman–Crippen LogP) is 3.12. The lowest BCUT2D eigenvalue weighted by atomic mass is 10.2. The molecule has 3 rings (SSSR count). The van der Waals surface area contributed by atoms with E-state index in [-0.39, 0.29) is 21.6 Å². The number of rotatable bonds is 5. The number of aromatic nitrogens is 4. The Kier molecular flexibility index (Phi) is 4.68. The highest BCUT2D eigenvalue weighted by atomic mass is 35.5. The second-order valence-electron chi connectivity index (χ2n) is 4.95. The van der Waals surface area contributed by atoms with Crippen LogP contribution in [0.25, 0.3) is 0 Å². The summed E-state index contributed by atoms with van der Waals surface area (Å²) in [5, 5.41) is 22.8. The van der Waals surface area contributed by atoms with E-state index in [2.05, 4.69) is 20.6 Å². The van der Waals surface area contributed by atoms with Crippen molar-refractivity contribution >= 4 is 40.7 Å². The van der Waals surface area contributed by atoms with Gasteiger partial charge in [0.25, 0.3) is 5.91 Å². The molecule has 0 unspecified atom stereocenters. The predicted molar refractivity (Wildman–Crippen MR) is 91.0 cm³/mol. The van der Waals surface area contributed by atoms with Crippen LogP contribution < -0.4 is 5.32 Å². The Labute approximate surface area is 150 Å². The molecule has 0 bridgehead atoms. The molecule has 3 aromatic rings. The number of halogens is 2. The normalized spacial score (nSPS) is 10.6. The molecule has 128 valence electrons. The van der Waals surface area contributed by atoms with Crippen LogP contribution in [0, 0.1) is 10.1 Å². The van der Waals surface area contributed by atoms with Crippen molar-refractivity contribution in [1.82, 2.24) is 20.0 Å². The molecule has 0 spiro atoms. The van der Waals surface area contributed by atoms with Crippen molar-refractivity contribution < 1.29 is 9.72 Å². The van der Waals surface area contributed by atoms with Gasteiger partial charge in [0.2, 0.25) is 0 Å². The van der Waals surface area contributed by atoms with Crippen LogP contribution in [0.1, 0.15) is 16.1 Å². The molecule has 2 N–H and O–H groups in total. The molecular weight excluding hydrogens is 371 g/mol. The van der Waals surface area contributed by atoms with E-state index in [1.54, 1.807) is 10.9 Å². The first-order chi connectivity index (χ1) is 12.0. The number of anilines is 1. The SMILES string of the molecule is O=C(Nc1nn(Cc2ccccc2)cc1Cl)c1n[nH]c([N+](=O)[O-])c1Cl. The molecule has 1 aromatic carbocycles. The molecule has 0 aliphatic carbocycles. The summed E-state index contributed by atoms with van der Waals surface area (Å²) in [7, 11) is 0. The van der Waals surface area contributed by atoms with Crippen LogP contribution in [0.3, 0.4) is 0 Å². The standard InChI is InChI=1S/C14H10Cl2N6O3/c15-9-7-21(6-8-4-2-1-3-5-8)20-12(9)17-14(23)11-10(16)13(19-18-11)22(24)25/h1-5,7H,6H2,(H,18,19)(H,17,20,23). The lowest BCUT2D eigenvalue weighted by Crippen LogP contribution is -2.14. The third-order valence-electron chi connectivity index (χ3n) is 3.22. The average molecular weight is 381 g/mol. The number of aromatic amines is 1. The maximum absolute atomic E-state index is 12.2. The van der Waals surface area contributed by atoms with E-state index in [0.717, 1.165) is 5.56 Å². The maximum atomic E-state index is 12.2. The van der Waals surface area contributed by atoms with Gasteiger partial charge < -0.3 is 15.4 Å². The van der Waals surface area contributed by atoms with E-state index in [1.807, 2.05) is 30.3 Å². The van der Waals surface area contributed by atoms with E-state index < -0.39 is 16.6 Å². The summed E-state index contributed by atoms with van der Waals surface area (Å²) < 4.78 is 1.56. The first-order valence-electron chi connectivity index (χ1n) is 6.92. The summed E-state index contributed by atoms with van der Waals surface area (Å²) in [4.78, 5) is 22.1. The van der Waals surface area contributed by atoms with Crippen molar-refractivity contribution in [2.24, 2.45) is 0 Å². The highest BCUT2D eigenvalue weighted by Crippen LogP contribution is 2.26. The third kappa shape index (κ3) is 3.62. The summed E-state index contributed by atoms with van der Waals surface area (Å²) in [5.41, 5.74) is 0.688. The molecule has 9 nitrogen and oxygen atoms in total. The van der Waals surface area contributed by atoms with Crippen LogP contribution in [-0.2, 0) is 6.54 Å². The monoisotopic (exact) mass is 380 g/mol. The minimum absolute atomic E-state index is 0.101. The van der Waals surface area contributed by atoms with E-state index in [4.69, 9.17) is 23.2 Å². The second-order valence-corrected chi connectivity index (χ2v) is 5.74. The molecular formula is C14H10Cl2N6O3. The zero-order chi connectivity index (χ0) is 18.0. The van der Waals surface area contributed by atoms with Gasteiger partial charge in [0.15, 0.2) is 16.5 Å². The van der Waals surface area contributed by atoms with Gasteiger partial charge in [-0.3, -0.25) is 9.48 Å². The number of carbonyl (C=O) groups is 1. The fourth-order valence-corrected chi connectivity index (χ4v) is 2.53. The van der Waals surface area contributed by atoms with E-state index in [1.165, 1.54) is 0 Å². The van der Waals surface area contributed by atoms with Crippen molar-refractivity contribution in [3.63, 3.8) is 0 Å². The number of nitrogens with zero attached hydrogens (tertiary/aromatic N) is 4. The quantitative estimate of drug-likeness (QED) is 0.520. The molecule has 0 fully saturated rings. The van der Waals surface area contributed by atoms with Gasteiger partial charge >= 0.3 is 5.82 Å². The van der Waals surface area contributed by atoms with Gasteiger partial charge in [0.05, 0.1) is 6.54 Å². The van der Waals surface area contributed by atoms with Gasteiger partial charge in [0.1, 0.15) is 5.02 Å². The first-order valence-corrected chi connectivity index (χ1v) is 7.67. The van der Waals surface area contributed by atoms with Gasteiger partial charge in [-0.2, -0.15) is 5.10 Å². The number of benzene rings is 1. The molecule has 0 saturated carbocycles. The minimum atomic E-state index is -0.770. The van der Waals surface area contributed by atoms with Gasteiger partial charge in [-0.25, -0.2) is 0 Å².